The molecule has 0 saturated carbocycles. The van der Waals surface area contributed by atoms with Gasteiger partial charge in [0, 0.05) is 58.5 Å². The SMILES string of the molecule is COc1ccc(CCn2nc(C(=O)N(C)C)c3c2CCN(Cc2nc4ccccc4n2C)C3)cc1. The molecule has 4 aromatic rings. The zero-order valence-electron chi connectivity index (χ0n) is 20.9. The lowest BCUT2D eigenvalue weighted by Gasteiger charge is -2.27. The highest BCUT2D eigenvalue weighted by Crippen LogP contribution is 2.26. The standard InChI is InChI=1S/C27H32N6O2/c1-30(2)27(34)26-21-17-32(18-25-28-22-7-5-6-8-24(22)31(25)3)15-14-23(21)33(29-26)16-13-19-9-11-20(35-4)12-10-19/h5-12H,13-18H2,1-4H3. The number of hydrogen-bond acceptors (Lipinski definition) is 5. The molecule has 0 fully saturated rings. The van der Waals surface area contributed by atoms with Gasteiger partial charge in [-0.1, -0.05) is 24.3 Å². The molecule has 0 unspecified atom stereocenters. The molecular weight excluding hydrogens is 440 g/mol. The largest absolute Gasteiger partial charge is 0.497 e. The Balaban J connectivity index is 1.38. The molecule has 2 aromatic carbocycles. The number of fused-ring (bicyclic) bond motifs is 2. The number of carbonyl (C=O) groups is 1. The van der Waals surface area contributed by atoms with Crippen molar-refractivity contribution < 1.29 is 9.53 Å². The van der Waals surface area contributed by atoms with Crippen molar-refractivity contribution in [3.05, 3.63) is 76.9 Å². The average Bonchev–Trinajstić information content (AvgIpc) is 3.39. The van der Waals surface area contributed by atoms with Gasteiger partial charge in [-0.3, -0.25) is 14.4 Å². The number of nitrogens with zero attached hydrogens (tertiary/aromatic N) is 6. The summed E-state index contributed by atoms with van der Waals surface area (Å²) in [6, 6.07) is 16.3. The monoisotopic (exact) mass is 472 g/mol. The zero-order valence-corrected chi connectivity index (χ0v) is 20.9. The number of aryl methyl sites for hydroxylation is 3. The van der Waals surface area contributed by atoms with Crippen molar-refractivity contribution >= 4 is 16.9 Å². The molecule has 1 amide bonds. The lowest BCUT2D eigenvalue weighted by Crippen LogP contribution is -2.33. The van der Waals surface area contributed by atoms with Crippen LogP contribution in [0.2, 0.25) is 0 Å². The maximum absolute atomic E-state index is 13.0. The van der Waals surface area contributed by atoms with Crippen LogP contribution >= 0.6 is 0 Å². The summed E-state index contributed by atoms with van der Waals surface area (Å²) in [4.78, 5) is 21.8. The molecular formula is C27H32N6O2. The predicted molar refractivity (Wildman–Crippen MR) is 135 cm³/mol. The molecule has 0 bridgehead atoms. The normalized spacial score (nSPS) is 13.7. The highest BCUT2D eigenvalue weighted by atomic mass is 16.5. The van der Waals surface area contributed by atoms with E-state index in [1.54, 1.807) is 26.1 Å². The van der Waals surface area contributed by atoms with E-state index in [0.717, 1.165) is 60.6 Å². The lowest BCUT2D eigenvalue weighted by molar-refractivity contribution is 0.0818. The van der Waals surface area contributed by atoms with Gasteiger partial charge in [0.05, 0.1) is 24.7 Å². The smallest absolute Gasteiger partial charge is 0.274 e. The molecule has 0 radical (unpaired) electrons. The predicted octanol–water partition coefficient (Wildman–Crippen LogP) is 3.28. The highest BCUT2D eigenvalue weighted by Gasteiger charge is 2.29. The van der Waals surface area contributed by atoms with E-state index in [-0.39, 0.29) is 5.91 Å². The second-order valence-electron chi connectivity index (χ2n) is 9.33. The molecule has 1 aliphatic rings. The van der Waals surface area contributed by atoms with Crippen LogP contribution in [0.3, 0.4) is 0 Å². The van der Waals surface area contributed by atoms with Crippen molar-refractivity contribution in [1.82, 2.24) is 29.1 Å². The van der Waals surface area contributed by atoms with Gasteiger partial charge in [-0.05, 0) is 36.2 Å². The molecule has 2 aromatic heterocycles. The van der Waals surface area contributed by atoms with E-state index in [0.29, 0.717) is 12.2 Å². The van der Waals surface area contributed by atoms with E-state index in [2.05, 4.69) is 34.7 Å². The van der Waals surface area contributed by atoms with E-state index in [1.165, 1.54) is 11.3 Å². The molecule has 0 aliphatic carbocycles. The lowest BCUT2D eigenvalue weighted by atomic mass is 10.0. The third-order valence-corrected chi connectivity index (χ3v) is 6.84. The van der Waals surface area contributed by atoms with Crippen LogP contribution in [0.5, 0.6) is 5.75 Å². The topological polar surface area (TPSA) is 68.4 Å². The molecule has 0 N–H and O–H groups in total. The van der Waals surface area contributed by atoms with Crippen LogP contribution in [0.25, 0.3) is 11.0 Å². The summed E-state index contributed by atoms with van der Waals surface area (Å²) < 4.78 is 9.47. The van der Waals surface area contributed by atoms with Crippen molar-refractivity contribution in [2.45, 2.75) is 32.5 Å². The summed E-state index contributed by atoms with van der Waals surface area (Å²) in [6.07, 6.45) is 1.70. The van der Waals surface area contributed by atoms with Gasteiger partial charge in [0.25, 0.3) is 5.91 Å². The Morgan fingerprint density at radius 3 is 2.60 bits per heavy atom. The molecule has 0 saturated heterocycles. The summed E-state index contributed by atoms with van der Waals surface area (Å²) in [6.45, 7) is 3.06. The highest BCUT2D eigenvalue weighted by molar-refractivity contribution is 5.93. The van der Waals surface area contributed by atoms with Crippen LogP contribution < -0.4 is 4.74 Å². The van der Waals surface area contributed by atoms with E-state index in [1.807, 2.05) is 35.0 Å². The Bertz CT molecular complexity index is 1350. The molecule has 8 nitrogen and oxygen atoms in total. The maximum Gasteiger partial charge on any atom is 0.274 e. The van der Waals surface area contributed by atoms with Crippen molar-refractivity contribution in [3.8, 4) is 5.75 Å². The Morgan fingerprint density at radius 2 is 1.89 bits per heavy atom. The van der Waals surface area contributed by atoms with E-state index in [9.17, 15) is 4.79 Å². The van der Waals surface area contributed by atoms with Crippen LogP contribution in [0, 0.1) is 0 Å². The van der Waals surface area contributed by atoms with E-state index < -0.39 is 0 Å². The number of imidazole rings is 1. The summed E-state index contributed by atoms with van der Waals surface area (Å²) >= 11 is 0. The van der Waals surface area contributed by atoms with Crippen molar-refractivity contribution in [3.63, 3.8) is 0 Å². The van der Waals surface area contributed by atoms with Gasteiger partial charge in [0.2, 0.25) is 0 Å². The van der Waals surface area contributed by atoms with Crippen LogP contribution in [0.1, 0.15) is 33.1 Å². The molecule has 0 atom stereocenters. The first-order chi connectivity index (χ1) is 16.9. The Hall–Kier alpha value is -3.65. The second kappa shape index (κ2) is 9.54. The minimum atomic E-state index is -0.0472. The number of benzene rings is 2. The van der Waals surface area contributed by atoms with Crippen molar-refractivity contribution in [1.29, 1.82) is 0 Å². The molecule has 5 rings (SSSR count). The minimum absolute atomic E-state index is 0.0472. The summed E-state index contributed by atoms with van der Waals surface area (Å²) in [5.41, 5.74) is 6.14. The molecule has 182 valence electrons. The molecule has 0 spiro atoms. The molecule has 3 heterocycles. The Kier molecular flexibility index (Phi) is 6.30. The zero-order chi connectivity index (χ0) is 24.5. The first-order valence-corrected chi connectivity index (χ1v) is 12.0. The van der Waals surface area contributed by atoms with Gasteiger partial charge in [-0.15, -0.1) is 0 Å². The fraction of sp³-hybridized carbons (Fsp3) is 0.370. The number of rotatable bonds is 7. The maximum atomic E-state index is 13.0. The number of methoxy groups -OCH3 is 1. The van der Waals surface area contributed by atoms with E-state index >= 15 is 0 Å². The summed E-state index contributed by atoms with van der Waals surface area (Å²) in [5.74, 6) is 1.83. The van der Waals surface area contributed by atoms with Crippen LogP contribution in [0.15, 0.2) is 48.5 Å². The van der Waals surface area contributed by atoms with Crippen LogP contribution in [-0.4, -0.2) is 62.8 Å². The Morgan fingerprint density at radius 1 is 1.11 bits per heavy atom. The number of amides is 1. The Labute approximate surface area is 205 Å². The number of ether oxygens (including phenoxy) is 1. The first-order valence-electron chi connectivity index (χ1n) is 12.0. The first kappa shape index (κ1) is 23.1. The van der Waals surface area contributed by atoms with Crippen molar-refractivity contribution in [2.24, 2.45) is 7.05 Å². The summed E-state index contributed by atoms with van der Waals surface area (Å²) in [5, 5.41) is 4.81. The van der Waals surface area contributed by atoms with Crippen LogP contribution in [-0.2, 0) is 39.5 Å². The van der Waals surface area contributed by atoms with Gasteiger partial charge in [-0.25, -0.2) is 4.98 Å². The fourth-order valence-electron chi connectivity index (χ4n) is 4.81. The molecule has 35 heavy (non-hydrogen) atoms. The van der Waals surface area contributed by atoms with Gasteiger partial charge in [0.1, 0.15) is 11.6 Å². The number of aromatic nitrogens is 4. The van der Waals surface area contributed by atoms with Gasteiger partial charge in [0.15, 0.2) is 5.69 Å². The van der Waals surface area contributed by atoms with Crippen molar-refractivity contribution in [2.75, 3.05) is 27.7 Å². The third-order valence-electron chi connectivity index (χ3n) is 6.84. The average molecular weight is 473 g/mol. The summed E-state index contributed by atoms with van der Waals surface area (Å²) in [7, 11) is 7.31. The number of para-hydroxylation sites is 2. The number of carbonyl (C=O) groups excluding carboxylic acids is 1. The second-order valence-corrected chi connectivity index (χ2v) is 9.33. The van der Waals surface area contributed by atoms with E-state index in [4.69, 9.17) is 14.8 Å². The third kappa shape index (κ3) is 4.53. The fourth-order valence-corrected chi connectivity index (χ4v) is 4.81. The molecule has 8 heteroatoms. The van der Waals surface area contributed by atoms with Crippen LogP contribution in [0.4, 0.5) is 0 Å². The van der Waals surface area contributed by atoms with Gasteiger partial charge >= 0.3 is 0 Å². The number of hydrogen-bond donors (Lipinski definition) is 0. The minimum Gasteiger partial charge on any atom is -0.497 e. The van der Waals surface area contributed by atoms with Gasteiger partial charge in [-0.2, -0.15) is 5.10 Å². The quantitative estimate of drug-likeness (QED) is 0.413. The molecule has 1 aliphatic heterocycles. The van der Waals surface area contributed by atoms with Gasteiger partial charge < -0.3 is 14.2 Å².